The molecule has 0 amide bonds. The van der Waals surface area contributed by atoms with Crippen LogP contribution in [0.5, 0.6) is 0 Å². The SMILES string of the molecule is [NH]c1nc(N)nc(Cl)n1. The molecule has 0 aliphatic carbocycles. The smallest absolute Gasteiger partial charge is 0.247 e. The van der Waals surface area contributed by atoms with Gasteiger partial charge in [0, 0.05) is 0 Å². The number of nitrogen functional groups attached to an aromatic ring is 1. The molecule has 0 saturated heterocycles. The van der Waals surface area contributed by atoms with E-state index in [0.717, 1.165) is 0 Å². The predicted octanol–water partition coefficient (Wildman–Crippen LogP) is 0.0216. The summed E-state index contributed by atoms with van der Waals surface area (Å²) in [5.41, 5.74) is 11.9. The van der Waals surface area contributed by atoms with Crippen LogP contribution in [0, 0.1) is 0 Å². The minimum atomic E-state index is -0.215. The predicted molar refractivity (Wildman–Crippen MR) is 32.0 cm³/mol. The number of hydrogen-bond acceptors (Lipinski definition) is 4. The lowest BCUT2D eigenvalue weighted by atomic mass is 10.9. The minimum Gasteiger partial charge on any atom is -0.368 e. The van der Waals surface area contributed by atoms with Crippen molar-refractivity contribution >= 4 is 23.5 Å². The number of hydrogen-bond donors (Lipinski definition) is 1. The number of nitrogens with two attached hydrogens (primary N) is 1. The summed E-state index contributed by atoms with van der Waals surface area (Å²) >= 11 is 5.29. The molecule has 0 aliphatic heterocycles. The van der Waals surface area contributed by atoms with Crippen LogP contribution in [-0.4, -0.2) is 15.0 Å². The molecule has 0 aliphatic rings. The second kappa shape index (κ2) is 2.02. The van der Waals surface area contributed by atoms with E-state index in [2.05, 4.69) is 15.0 Å². The third-order valence-electron chi connectivity index (χ3n) is 0.625. The van der Waals surface area contributed by atoms with Crippen molar-refractivity contribution in [2.45, 2.75) is 0 Å². The lowest BCUT2D eigenvalue weighted by Crippen LogP contribution is -1.97. The zero-order valence-electron chi connectivity index (χ0n) is 4.30. The molecular formula is C3H3ClN5. The number of rotatable bonds is 0. The summed E-state index contributed by atoms with van der Waals surface area (Å²) in [6, 6.07) is 0. The van der Waals surface area contributed by atoms with Gasteiger partial charge in [0.1, 0.15) is 0 Å². The first-order chi connectivity index (χ1) is 4.18. The highest BCUT2D eigenvalue weighted by Crippen LogP contribution is 2.03. The van der Waals surface area contributed by atoms with Crippen LogP contribution in [0.4, 0.5) is 11.9 Å². The monoisotopic (exact) mass is 144 g/mol. The molecule has 1 aromatic heterocycles. The lowest BCUT2D eigenvalue weighted by molar-refractivity contribution is 1.04. The van der Waals surface area contributed by atoms with E-state index in [4.69, 9.17) is 23.1 Å². The maximum atomic E-state index is 6.85. The van der Waals surface area contributed by atoms with Gasteiger partial charge >= 0.3 is 0 Å². The minimum absolute atomic E-state index is 0.0278. The summed E-state index contributed by atoms with van der Waals surface area (Å²) in [5, 5.41) is -0.0486. The van der Waals surface area contributed by atoms with E-state index in [1.165, 1.54) is 0 Å². The first-order valence-corrected chi connectivity index (χ1v) is 2.45. The average molecular weight is 145 g/mol. The molecule has 1 radical (unpaired) electrons. The fourth-order valence-corrected chi connectivity index (χ4v) is 0.532. The Morgan fingerprint density at radius 1 is 1.33 bits per heavy atom. The molecule has 0 spiro atoms. The van der Waals surface area contributed by atoms with Gasteiger partial charge in [-0.05, 0) is 11.6 Å². The molecule has 0 saturated carbocycles. The van der Waals surface area contributed by atoms with Crippen LogP contribution in [0.25, 0.3) is 0 Å². The Balaban J connectivity index is 3.17. The van der Waals surface area contributed by atoms with Gasteiger partial charge in [-0.3, -0.25) is 5.73 Å². The Kier molecular flexibility index (Phi) is 1.35. The van der Waals surface area contributed by atoms with Crippen molar-refractivity contribution in [3.05, 3.63) is 5.28 Å². The van der Waals surface area contributed by atoms with Gasteiger partial charge < -0.3 is 5.73 Å². The molecule has 0 fully saturated rings. The molecule has 5 nitrogen and oxygen atoms in total. The van der Waals surface area contributed by atoms with Gasteiger partial charge in [-0.2, -0.15) is 15.0 Å². The van der Waals surface area contributed by atoms with Crippen LogP contribution in [0.2, 0.25) is 5.28 Å². The normalized spacial score (nSPS) is 9.44. The molecular weight excluding hydrogens is 142 g/mol. The van der Waals surface area contributed by atoms with Crippen LogP contribution in [0.1, 0.15) is 0 Å². The fourth-order valence-electron chi connectivity index (χ4n) is 0.365. The largest absolute Gasteiger partial charge is 0.368 e. The van der Waals surface area contributed by atoms with Crippen molar-refractivity contribution in [3.8, 4) is 0 Å². The molecule has 47 valence electrons. The molecule has 1 rings (SSSR count). The first kappa shape index (κ1) is 6.03. The van der Waals surface area contributed by atoms with E-state index >= 15 is 0 Å². The average Bonchev–Trinajstić information content (AvgIpc) is 1.59. The summed E-state index contributed by atoms with van der Waals surface area (Å²) in [7, 11) is 0. The number of aromatic nitrogens is 3. The van der Waals surface area contributed by atoms with Crippen LogP contribution < -0.4 is 11.5 Å². The zero-order chi connectivity index (χ0) is 6.85. The second-order valence-electron chi connectivity index (χ2n) is 1.29. The number of nitrogens with zero attached hydrogens (tertiary/aromatic N) is 3. The van der Waals surface area contributed by atoms with Gasteiger partial charge in [-0.15, -0.1) is 0 Å². The summed E-state index contributed by atoms with van der Waals surface area (Å²) in [6.07, 6.45) is 0. The van der Waals surface area contributed by atoms with Crippen molar-refractivity contribution in [2.24, 2.45) is 0 Å². The summed E-state index contributed by atoms with van der Waals surface area (Å²) in [4.78, 5) is 10.2. The molecule has 3 N–H and O–H groups in total. The van der Waals surface area contributed by atoms with E-state index in [1.54, 1.807) is 0 Å². The van der Waals surface area contributed by atoms with Gasteiger partial charge in [0.25, 0.3) is 0 Å². The molecule has 0 unspecified atom stereocenters. The summed E-state index contributed by atoms with van der Waals surface area (Å²) < 4.78 is 0. The molecule has 1 heterocycles. The lowest BCUT2D eigenvalue weighted by Gasteiger charge is -1.91. The van der Waals surface area contributed by atoms with Crippen molar-refractivity contribution in [2.75, 3.05) is 5.73 Å². The van der Waals surface area contributed by atoms with Crippen LogP contribution >= 0.6 is 11.6 Å². The number of halogens is 1. The van der Waals surface area contributed by atoms with Crippen LogP contribution in [-0.2, 0) is 0 Å². The third kappa shape index (κ3) is 1.39. The zero-order valence-corrected chi connectivity index (χ0v) is 5.05. The quantitative estimate of drug-likeness (QED) is 0.556. The first-order valence-electron chi connectivity index (χ1n) is 2.07. The van der Waals surface area contributed by atoms with Crippen LogP contribution in [0.15, 0.2) is 0 Å². The highest BCUT2D eigenvalue weighted by Gasteiger charge is 1.95. The van der Waals surface area contributed by atoms with Gasteiger partial charge in [0.15, 0.2) is 0 Å². The topological polar surface area (TPSA) is 88.5 Å². The van der Waals surface area contributed by atoms with Crippen molar-refractivity contribution in [3.63, 3.8) is 0 Å². The van der Waals surface area contributed by atoms with Gasteiger partial charge in [0.2, 0.25) is 17.2 Å². The van der Waals surface area contributed by atoms with E-state index in [-0.39, 0.29) is 17.2 Å². The van der Waals surface area contributed by atoms with Gasteiger partial charge in [-0.1, -0.05) is 0 Å². The molecule has 0 bridgehead atoms. The van der Waals surface area contributed by atoms with Gasteiger partial charge in [0.05, 0.1) is 0 Å². The van der Waals surface area contributed by atoms with Crippen molar-refractivity contribution in [1.82, 2.24) is 20.7 Å². The highest BCUT2D eigenvalue weighted by molar-refractivity contribution is 6.28. The Hall–Kier alpha value is -1.10. The van der Waals surface area contributed by atoms with E-state index in [0.29, 0.717) is 0 Å². The molecule has 0 aromatic carbocycles. The fraction of sp³-hybridized carbons (Fsp3) is 0. The summed E-state index contributed by atoms with van der Waals surface area (Å²) in [6.45, 7) is 0. The Bertz CT molecular complexity index is 173. The summed E-state index contributed by atoms with van der Waals surface area (Å²) in [5.74, 6) is -0.243. The standard InChI is InChI=1S/C3H3ClN5/c4-1-7-2(5)9-3(6)8-1/h5H,(H2,6,7,8,9). The molecule has 1 aromatic rings. The number of anilines is 1. The maximum Gasteiger partial charge on any atom is 0.247 e. The molecule has 9 heavy (non-hydrogen) atoms. The Morgan fingerprint density at radius 2 is 2.00 bits per heavy atom. The van der Waals surface area contributed by atoms with E-state index in [1.807, 2.05) is 0 Å². The Morgan fingerprint density at radius 3 is 2.44 bits per heavy atom. The third-order valence-corrected chi connectivity index (χ3v) is 0.794. The van der Waals surface area contributed by atoms with Crippen molar-refractivity contribution < 1.29 is 0 Å². The molecule has 6 heteroatoms. The molecule has 0 atom stereocenters. The van der Waals surface area contributed by atoms with E-state index in [9.17, 15) is 0 Å². The Labute approximate surface area is 56.1 Å². The number of nitrogens with one attached hydrogen (secondary N) is 1. The second-order valence-corrected chi connectivity index (χ2v) is 1.62. The van der Waals surface area contributed by atoms with Crippen LogP contribution in [0.3, 0.4) is 0 Å². The van der Waals surface area contributed by atoms with Crippen molar-refractivity contribution in [1.29, 1.82) is 0 Å². The highest BCUT2D eigenvalue weighted by atomic mass is 35.5. The van der Waals surface area contributed by atoms with Gasteiger partial charge in [-0.25, -0.2) is 0 Å². The van der Waals surface area contributed by atoms with E-state index < -0.39 is 0 Å². The maximum absolute atomic E-state index is 6.85.